The van der Waals surface area contributed by atoms with Crippen LogP contribution in [0, 0.1) is 0 Å². The van der Waals surface area contributed by atoms with Crippen molar-refractivity contribution in [3.05, 3.63) is 5.82 Å². The Morgan fingerprint density at radius 2 is 2.36 bits per heavy atom. The molecule has 0 aliphatic carbocycles. The molecule has 2 heterocycles. The maximum absolute atomic E-state index is 10.8. The summed E-state index contributed by atoms with van der Waals surface area (Å²) in [6, 6.07) is 0. The summed E-state index contributed by atoms with van der Waals surface area (Å²) in [5.41, 5.74) is 0. The van der Waals surface area contributed by atoms with E-state index < -0.39 is 14.2 Å². The van der Waals surface area contributed by atoms with Gasteiger partial charge in [0.15, 0.2) is 5.82 Å². The number of rotatable bonds is 2. The molecule has 1 aromatic heterocycles. The van der Waals surface area contributed by atoms with Crippen LogP contribution in [0.4, 0.5) is 0 Å². The van der Waals surface area contributed by atoms with E-state index in [2.05, 4.69) is 15.2 Å². The van der Waals surface area contributed by atoms with Gasteiger partial charge in [-0.3, -0.25) is 5.10 Å². The molecule has 1 fully saturated rings. The molecule has 0 amide bonds. The van der Waals surface area contributed by atoms with Crippen molar-refractivity contribution in [3.63, 3.8) is 0 Å². The first kappa shape index (κ1) is 9.88. The van der Waals surface area contributed by atoms with Crippen LogP contribution in [0.1, 0.15) is 24.8 Å². The maximum Gasteiger partial charge on any atom is 0.298 e. The minimum absolute atomic E-state index is 0.185. The van der Waals surface area contributed by atoms with Gasteiger partial charge in [0.25, 0.3) is 14.2 Å². The molecule has 0 saturated carbocycles. The molecule has 6 nitrogen and oxygen atoms in total. The molecule has 78 valence electrons. The van der Waals surface area contributed by atoms with Crippen molar-refractivity contribution in [2.24, 2.45) is 0 Å². The van der Waals surface area contributed by atoms with Crippen LogP contribution >= 0.6 is 10.7 Å². The highest BCUT2D eigenvalue weighted by Gasteiger charge is 2.24. The van der Waals surface area contributed by atoms with Gasteiger partial charge < -0.3 is 4.74 Å². The zero-order chi connectivity index (χ0) is 10.2. The summed E-state index contributed by atoms with van der Waals surface area (Å²) >= 11 is 0. The third-order valence-electron chi connectivity index (χ3n) is 1.93. The van der Waals surface area contributed by atoms with Crippen LogP contribution in [0.25, 0.3) is 0 Å². The monoisotopic (exact) mass is 237 g/mol. The highest BCUT2D eigenvalue weighted by Crippen LogP contribution is 2.26. The second-order valence-corrected chi connectivity index (χ2v) is 5.40. The van der Waals surface area contributed by atoms with Crippen molar-refractivity contribution in [1.29, 1.82) is 0 Å². The number of ether oxygens (including phenoxy) is 1. The number of H-pyrrole nitrogens is 1. The van der Waals surface area contributed by atoms with E-state index in [0.29, 0.717) is 12.4 Å². The van der Waals surface area contributed by atoms with E-state index >= 15 is 0 Å². The zero-order valence-corrected chi connectivity index (χ0v) is 8.68. The number of aromatic amines is 1. The highest BCUT2D eigenvalue weighted by molar-refractivity contribution is 8.13. The van der Waals surface area contributed by atoms with Crippen LogP contribution in [-0.4, -0.2) is 30.2 Å². The Balaban J connectivity index is 2.25. The van der Waals surface area contributed by atoms with E-state index in [1.54, 1.807) is 0 Å². The van der Waals surface area contributed by atoms with Gasteiger partial charge in [0.05, 0.1) is 0 Å². The van der Waals surface area contributed by atoms with Crippen molar-refractivity contribution < 1.29 is 13.2 Å². The molecule has 1 aliphatic heterocycles. The molecule has 1 atom stereocenters. The van der Waals surface area contributed by atoms with Gasteiger partial charge >= 0.3 is 0 Å². The SMILES string of the molecule is O=S(=O)(Cl)c1n[nH]c(C2CCCO2)n1. The molecule has 1 unspecified atom stereocenters. The molecular formula is C6H8ClN3O3S. The van der Waals surface area contributed by atoms with Crippen molar-refractivity contribution in [3.8, 4) is 0 Å². The Labute approximate surface area is 85.0 Å². The number of aromatic nitrogens is 3. The third-order valence-corrected chi connectivity index (χ3v) is 2.97. The number of nitrogens with one attached hydrogen (secondary N) is 1. The Morgan fingerprint density at radius 1 is 1.57 bits per heavy atom. The van der Waals surface area contributed by atoms with Gasteiger partial charge in [0.2, 0.25) is 0 Å². The molecule has 8 heteroatoms. The van der Waals surface area contributed by atoms with Crippen molar-refractivity contribution in [2.45, 2.75) is 24.1 Å². The molecule has 0 radical (unpaired) electrons. The minimum Gasteiger partial charge on any atom is -0.370 e. The second-order valence-electron chi connectivity index (χ2n) is 2.94. The smallest absolute Gasteiger partial charge is 0.298 e. The van der Waals surface area contributed by atoms with Crippen molar-refractivity contribution in [1.82, 2.24) is 15.2 Å². The molecule has 2 rings (SSSR count). The Morgan fingerprint density at radius 3 is 2.86 bits per heavy atom. The first-order valence-electron chi connectivity index (χ1n) is 4.06. The van der Waals surface area contributed by atoms with E-state index in [9.17, 15) is 8.42 Å². The number of nitrogens with zero attached hydrogens (tertiary/aromatic N) is 2. The lowest BCUT2D eigenvalue weighted by atomic mass is 10.2. The van der Waals surface area contributed by atoms with E-state index in [0.717, 1.165) is 12.8 Å². The predicted octanol–water partition coefficient (Wildman–Crippen LogP) is 0.584. The summed E-state index contributed by atoms with van der Waals surface area (Å²) in [7, 11) is 1.22. The first-order valence-corrected chi connectivity index (χ1v) is 6.37. The number of hydrogen-bond acceptors (Lipinski definition) is 5. The van der Waals surface area contributed by atoms with Crippen LogP contribution in [0.5, 0.6) is 0 Å². The summed E-state index contributed by atoms with van der Waals surface area (Å²) in [6.07, 6.45) is 1.57. The van der Waals surface area contributed by atoms with Crippen LogP contribution in [0.3, 0.4) is 0 Å². The van der Waals surface area contributed by atoms with Gasteiger partial charge in [-0.1, -0.05) is 0 Å². The maximum atomic E-state index is 10.8. The molecule has 1 saturated heterocycles. The Bertz CT molecular complexity index is 423. The molecule has 0 spiro atoms. The summed E-state index contributed by atoms with van der Waals surface area (Å²) in [5, 5.41) is 5.60. The van der Waals surface area contributed by atoms with E-state index in [1.807, 2.05) is 0 Å². The molecule has 1 aromatic rings. The fraction of sp³-hybridized carbons (Fsp3) is 0.667. The summed E-state index contributed by atoms with van der Waals surface area (Å²) in [4.78, 5) is 3.75. The predicted molar refractivity (Wildman–Crippen MR) is 47.3 cm³/mol. The molecular weight excluding hydrogens is 230 g/mol. The van der Waals surface area contributed by atoms with Gasteiger partial charge in [0, 0.05) is 17.3 Å². The lowest BCUT2D eigenvalue weighted by molar-refractivity contribution is 0.105. The van der Waals surface area contributed by atoms with Gasteiger partial charge in [-0.05, 0) is 12.8 Å². The fourth-order valence-corrected chi connectivity index (χ4v) is 1.87. The Kier molecular flexibility index (Phi) is 2.46. The quantitative estimate of drug-likeness (QED) is 0.761. The average Bonchev–Trinajstić information content (AvgIpc) is 2.73. The molecule has 14 heavy (non-hydrogen) atoms. The molecule has 1 N–H and O–H groups in total. The second kappa shape index (κ2) is 3.48. The highest BCUT2D eigenvalue weighted by atomic mass is 35.7. The fourth-order valence-electron chi connectivity index (χ4n) is 1.30. The van der Waals surface area contributed by atoms with Crippen LogP contribution in [0.15, 0.2) is 5.16 Å². The van der Waals surface area contributed by atoms with Crippen LogP contribution in [0.2, 0.25) is 0 Å². The largest absolute Gasteiger partial charge is 0.370 e. The third kappa shape index (κ3) is 1.89. The molecule has 0 bridgehead atoms. The summed E-state index contributed by atoms with van der Waals surface area (Å²) in [5.74, 6) is 0.418. The number of halogens is 1. The normalized spacial score (nSPS) is 22.8. The molecule has 0 aromatic carbocycles. The van der Waals surface area contributed by atoms with E-state index in [4.69, 9.17) is 15.4 Å². The number of hydrogen-bond donors (Lipinski definition) is 1. The minimum atomic E-state index is -3.85. The van der Waals surface area contributed by atoms with Crippen molar-refractivity contribution >= 4 is 19.7 Å². The van der Waals surface area contributed by atoms with E-state index in [-0.39, 0.29) is 6.10 Å². The Hall–Kier alpha value is -0.660. The van der Waals surface area contributed by atoms with Gasteiger partial charge in [-0.15, -0.1) is 5.10 Å². The zero-order valence-electron chi connectivity index (χ0n) is 7.10. The lowest BCUT2D eigenvalue weighted by Crippen LogP contribution is -1.99. The van der Waals surface area contributed by atoms with Gasteiger partial charge in [0.1, 0.15) is 6.10 Å². The first-order chi connectivity index (χ1) is 6.57. The average molecular weight is 238 g/mol. The topological polar surface area (TPSA) is 84.9 Å². The van der Waals surface area contributed by atoms with Crippen molar-refractivity contribution in [2.75, 3.05) is 6.61 Å². The summed E-state index contributed by atoms with van der Waals surface area (Å²) in [6.45, 7) is 0.661. The summed E-state index contributed by atoms with van der Waals surface area (Å²) < 4.78 is 27.0. The molecule has 1 aliphatic rings. The lowest BCUT2D eigenvalue weighted by Gasteiger charge is -2.02. The van der Waals surface area contributed by atoms with Crippen LogP contribution in [-0.2, 0) is 13.8 Å². The standard InChI is InChI=1S/C6H8ClN3O3S/c7-14(11,12)6-8-5(9-10-6)4-2-1-3-13-4/h4H,1-3H2,(H,8,9,10). The van der Waals surface area contributed by atoms with E-state index in [1.165, 1.54) is 0 Å². The van der Waals surface area contributed by atoms with Crippen LogP contribution < -0.4 is 0 Å². The van der Waals surface area contributed by atoms with Gasteiger partial charge in [-0.25, -0.2) is 8.42 Å². The van der Waals surface area contributed by atoms with Gasteiger partial charge in [-0.2, -0.15) is 4.98 Å².